The lowest BCUT2D eigenvalue weighted by atomic mass is 9.89. The number of aliphatic hydroxyl groups excluding tert-OH is 7. The van der Waals surface area contributed by atoms with Gasteiger partial charge in [0.2, 0.25) is 59.1 Å². The fraction of sp³-hybridized carbons (Fsp3) is 0.679. The van der Waals surface area contributed by atoms with Crippen LogP contribution in [0.25, 0.3) is 0 Å². The standard InChI is InChI=1S/C78H124N14O26/c1-16-41(8)60(50(113-14)32-55(98)92-31-21-25-49(92)66(114-15)42(9)69(104)84-43(10)61(99)46-22-18-17-19-23-46)90(12)74(109)57(39(4)5)89-72(107)59(40(6)7)91(13)78(112)115-37-45-26-28-47(29-27-45)86-70(105)48(24-20-30-80-77(79)111)87-71(106)56(38(2)3)88-54(97)35-82-52(95)33-81-53(96)34-83-73(108)68-64(102)63(101)65(103)76(118-68)117-67-51(36-93)116-75(110)58(62(67)100)85-44(11)94/h17-19,22-23,26-29,38-43,48-51,56-68,75-76,93,99-103,110H,16,20-21,24-25,30-37H2,1-15H3,(H,81,96)(H,82,95)(H,83,108)(H,84,104)(H,85,94)(H,86,105)(H,87,106)(H,88,97)(H,89,107)(H3,79,80,111)/t41-,42+,43+,48?,49+,50+,51?,56-,57-,58?,59-,60-,61+,62+,63-,64-,65?,66+,67+,68?,75+,76+/m0/s1. The fourth-order valence-corrected chi connectivity index (χ4v) is 14.4. The summed E-state index contributed by atoms with van der Waals surface area (Å²) in [6, 6.07) is 6.11. The Morgan fingerprint density at radius 3 is 1.86 bits per heavy atom. The number of nitrogens with one attached hydrogen (secondary N) is 10. The Hall–Kier alpha value is -9.33. The molecule has 0 spiro atoms. The average Bonchev–Trinajstić information content (AvgIpc) is 0.825. The van der Waals surface area contributed by atoms with Gasteiger partial charge in [-0.15, -0.1) is 0 Å². The number of aliphatic hydroxyl groups is 7. The highest BCUT2D eigenvalue weighted by atomic mass is 16.7. The van der Waals surface area contributed by atoms with Crippen molar-refractivity contribution < 1.29 is 126 Å². The molecule has 3 fully saturated rings. The molecule has 0 radical (unpaired) electrons. The van der Waals surface area contributed by atoms with Gasteiger partial charge < -0.3 is 133 Å². The molecule has 40 nitrogen and oxygen atoms in total. The van der Waals surface area contributed by atoms with Crippen molar-refractivity contribution in [1.82, 2.24) is 62.6 Å². The third-order valence-corrected chi connectivity index (χ3v) is 21.2. The molecule has 0 bridgehead atoms. The number of primary amides is 1. The number of carbonyl (C=O) groups is 13. The van der Waals surface area contributed by atoms with Gasteiger partial charge in [-0.1, -0.05) is 111 Å². The maximum atomic E-state index is 14.9. The van der Waals surface area contributed by atoms with Crippen molar-refractivity contribution in [3.63, 3.8) is 0 Å². The van der Waals surface area contributed by atoms with Gasteiger partial charge in [0.25, 0.3) is 5.91 Å². The number of anilines is 1. The lowest BCUT2D eigenvalue weighted by Gasteiger charge is -2.46. The molecule has 2 aromatic carbocycles. The van der Waals surface area contributed by atoms with Gasteiger partial charge in [0.05, 0.1) is 75.0 Å². The van der Waals surface area contributed by atoms with E-state index in [1.165, 1.54) is 38.3 Å². The normalized spacial score (nSPS) is 23.3. The van der Waals surface area contributed by atoms with E-state index >= 15 is 0 Å². The van der Waals surface area contributed by atoms with E-state index in [0.717, 1.165) is 11.8 Å². The van der Waals surface area contributed by atoms with E-state index in [4.69, 9.17) is 34.2 Å². The number of methoxy groups -OCH3 is 2. The summed E-state index contributed by atoms with van der Waals surface area (Å²) < 4.78 is 34.0. The van der Waals surface area contributed by atoms with Crippen molar-refractivity contribution in [3.8, 4) is 0 Å². The third-order valence-electron chi connectivity index (χ3n) is 21.2. The molecule has 3 aliphatic rings. The number of ether oxygens (including phenoxy) is 6. The van der Waals surface area contributed by atoms with Crippen LogP contribution in [0.15, 0.2) is 54.6 Å². The fourth-order valence-electron chi connectivity index (χ4n) is 14.4. The first-order chi connectivity index (χ1) is 55.6. The van der Waals surface area contributed by atoms with Gasteiger partial charge in [-0.25, -0.2) is 9.59 Å². The molecule has 5 rings (SSSR count). The molecule has 0 aromatic heterocycles. The van der Waals surface area contributed by atoms with Gasteiger partial charge in [-0.2, -0.15) is 0 Å². The second kappa shape index (κ2) is 47.5. The van der Waals surface area contributed by atoms with Crippen LogP contribution in [-0.4, -0.2) is 311 Å². The molecule has 0 aliphatic carbocycles. The van der Waals surface area contributed by atoms with Crippen molar-refractivity contribution in [1.29, 1.82) is 0 Å². The number of rotatable bonds is 43. The van der Waals surface area contributed by atoms with Crippen LogP contribution < -0.4 is 58.9 Å². The first-order valence-corrected chi connectivity index (χ1v) is 39.6. The molecule has 5 unspecified atom stereocenters. The summed E-state index contributed by atoms with van der Waals surface area (Å²) in [5, 5.41) is 98.8. The lowest BCUT2D eigenvalue weighted by Crippen LogP contribution is -2.67. The summed E-state index contributed by atoms with van der Waals surface area (Å²) in [6.07, 6.45) is -18.8. The number of likely N-dealkylation sites (tertiary alicyclic amines) is 1. The second-order valence-corrected chi connectivity index (χ2v) is 31.0. The number of carbonyl (C=O) groups excluding carboxylic acids is 13. The SMILES string of the molecule is CC[C@H](C)[C@@H]([C@@H](CC(=O)N1CCC[C@@H]1[C@H](OC)[C@@H](C)C(=O)N[C@H](C)[C@@H](O)c1ccccc1)OC)N(C)C(=O)[C@@H](NC(=O)[C@H](C(C)C)N(C)C(=O)OCc1ccc(NC(=O)C(CCCNC(N)=O)NC(=O)[C@@H](NC(=O)CNC(=O)CNC(=O)CNC(=O)C2O[C@@H](O[C@@H]3C(CO)O[C@@H](O)C(NC(C)=O)[C@H]3O)C(O)[C@@H](O)[C@@H]2O)C(C)C)cc1)C(C)C. The molecular weight excluding hydrogens is 1550 g/mol. The molecule has 662 valence electrons. The van der Waals surface area contributed by atoms with E-state index < -0.39 is 237 Å². The van der Waals surface area contributed by atoms with Gasteiger partial charge in [0.1, 0.15) is 73.4 Å². The van der Waals surface area contributed by atoms with Crippen LogP contribution in [0.2, 0.25) is 0 Å². The smallest absolute Gasteiger partial charge is 0.410 e. The van der Waals surface area contributed by atoms with E-state index in [2.05, 4.69) is 53.2 Å². The van der Waals surface area contributed by atoms with E-state index in [-0.39, 0.29) is 55.8 Å². The Morgan fingerprint density at radius 1 is 0.669 bits per heavy atom. The van der Waals surface area contributed by atoms with Crippen LogP contribution in [0.3, 0.4) is 0 Å². The van der Waals surface area contributed by atoms with Crippen LogP contribution in [-0.2, 0) is 87.8 Å². The van der Waals surface area contributed by atoms with Crippen molar-refractivity contribution in [2.75, 3.05) is 73.0 Å². The van der Waals surface area contributed by atoms with Crippen molar-refractivity contribution in [2.24, 2.45) is 35.3 Å². The number of amides is 14. The first-order valence-electron chi connectivity index (χ1n) is 39.6. The van der Waals surface area contributed by atoms with Gasteiger partial charge in [-0.3, -0.25) is 57.6 Å². The Bertz CT molecular complexity index is 3660. The number of hydrogen-bond donors (Lipinski definition) is 18. The lowest BCUT2D eigenvalue weighted by molar-refractivity contribution is -0.339. The van der Waals surface area contributed by atoms with Crippen molar-refractivity contribution in [2.45, 2.75) is 243 Å². The highest BCUT2D eigenvalue weighted by Gasteiger charge is 2.53. The van der Waals surface area contributed by atoms with Crippen LogP contribution in [0.5, 0.6) is 0 Å². The number of hydrogen-bond acceptors (Lipinski definition) is 26. The van der Waals surface area contributed by atoms with Gasteiger partial charge in [0.15, 0.2) is 18.7 Å². The van der Waals surface area contributed by atoms with Crippen molar-refractivity contribution in [3.05, 3.63) is 65.7 Å². The summed E-state index contributed by atoms with van der Waals surface area (Å²) in [5.41, 5.74) is 6.58. The minimum absolute atomic E-state index is 0.00759. The number of nitrogens with zero attached hydrogens (tertiary/aromatic N) is 3. The Morgan fingerprint density at radius 2 is 1.29 bits per heavy atom. The monoisotopic (exact) mass is 1670 g/mol. The largest absolute Gasteiger partial charge is 0.445 e. The van der Waals surface area contributed by atoms with Gasteiger partial charge in [0, 0.05) is 54.0 Å². The van der Waals surface area contributed by atoms with Crippen molar-refractivity contribution >= 4 is 82.8 Å². The third kappa shape index (κ3) is 28.2. The van der Waals surface area contributed by atoms with Crippen LogP contribution in [0.1, 0.15) is 132 Å². The Labute approximate surface area is 686 Å². The number of urea groups is 1. The predicted octanol–water partition coefficient (Wildman–Crippen LogP) is -3.29. The number of likely N-dealkylation sites (N-methyl/N-ethyl adjacent to an activating group) is 2. The molecule has 2 aromatic rings. The zero-order chi connectivity index (χ0) is 88.3. The van der Waals surface area contributed by atoms with Crippen LogP contribution in [0.4, 0.5) is 15.3 Å². The second-order valence-electron chi connectivity index (χ2n) is 31.0. The Kier molecular flexibility index (Phi) is 39.9. The Balaban J connectivity index is 1.13. The molecular formula is C78H124N14O26. The predicted molar refractivity (Wildman–Crippen MR) is 421 cm³/mol. The first kappa shape index (κ1) is 99.2. The molecule has 19 N–H and O–H groups in total. The molecule has 3 saturated heterocycles. The highest BCUT2D eigenvalue weighted by molar-refractivity contribution is 5.99. The van der Waals surface area contributed by atoms with Crippen LogP contribution in [0, 0.1) is 29.6 Å². The maximum absolute atomic E-state index is 14.9. The quantitative estimate of drug-likeness (QED) is 0.0289. The van der Waals surface area contributed by atoms with E-state index in [1.807, 2.05) is 19.9 Å². The summed E-state index contributed by atoms with van der Waals surface area (Å²) in [7, 11) is 5.97. The van der Waals surface area contributed by atoms with Gasteiger partial charge >= 0.3 is 12.1 Å². The van der Waals surface area contributed by atoms with Crippen LogP contribution >= 0.6 is 0 Å². The van der Waals surface area contributed by atoms with E-state index in [9.17, 15) is 98.1 Å². The molecule has 118 heavy (non-hydrogen) atoms. The molecule has 22 atom stereocenters. The molecule has 3 heterocycles. The minimum atomic E-state index is -2.13. The molecule has 0 saturated carbocycles. The van der Waals surface area contributed by atoms with Gasteiger partial charge in [-0.05, 0) is 79.5 Å². The average molecular weight is 1670 g/mol. The maximum Gasteiger partial charge on any atom is 0.410 e. The summed E-state index contributed by atoms with van der Waals surface area (Å²) in [6.45, 7) is 15.5. The summed E-state index contributed by atoms with van der Waals surface area (Å²) >= 11 is 0. The van der Waals surface area contributed by atoms with E-state index in [1.54, 1.807) is 104 Å². The molecule has 40 heteroatoms. The molecule has 3 aliphatic heterocycles. The summed E-state index contributed by atoms with van der Waals surface area (Å²) in [5.74, 6) is -10.5. The zero-order valence-electron chi connectivity index (χ0n) is 69.6. The number of benzene rings is 2. The summed E-state index contributed by atoms with van der Waals surface area (Å²) in [4.78, 5) is 179. The topological polar surface area (TPSA) is 575 Å². The molecule has 14 amide bonds. The zero-order valence-corrected chi connectivity index (χ0v) is 69.6. The highest BCUT2D eigenvalue weighted by Crippen LogP contribution is 2.33. The van der Waals surface area contributed by atoms with E-state index in [0.29, 0.717) is 36.9 Å². The number of nitrogens with two attached hydrogens (primary N) is 1. The minimum Gasteiger partial charge on any atom is -0.445 e.